The van der Waals surface area contributed by atoms with Gasteiger partial charge in [0.1, 0.15) is 0 Å². The van der Waals surface area contributed by atoms with Crippen molar-refractivity contribution >= 4 is 11.8 Å². The fraction of sp³-hybridized carbons (Fsp3) is 0.267. The molecular weight excluding hydrogens is 462 g/mol. The van der Waals surface area contributed by atoms with E-state index >= 15 is 0 Å². The third kappa shape index (κ3) is 5.45. The smallest absolute Gasteiger partial charge is 0.272 e. The Morgan fingerprint density at radius 3 is 2.57 bits per heavy atom. The first-order valence-electron chi connectivity index (χ1n) is 12.7. The van der Waals surface area contributed by atoms with E-state index in [-0.39, 0.29) is 11.8 Å². The number of hydrogen-bond acceptors (Lipinski definition) is 4. The van der Waals surface area contributed by atoms with Crippen molar-refractivity contribution in [2.75, 3.05) is 6.54 Å². The van der Waals surface area contributed by atoms with Crippen LogP contribution in [0.4, 0.5) is 0 Å². The SMILES string of the molecule is Cc1ccc(C(=O)N2CCc3c(c(C(=O)NCc4ccccn4)nn3CCc3ccccc3)C2)c(C)c1. The Hall–Kier alpha value is -4.26. The molecule has 7 nitrogen and oxygen atoms in total. The number of rotatable bonds is 7. The lowest BCUT2D eigenvalue weighted by Crippen LogP contribution is -2.37. The Morgan fingerprint density at radius 2 is 1.81 bits per heavy atom. The average molecular weight is 494 g/mol. The molecule has 0 saturated carbocycles. The summed E-state index contributed by atoms with van der Waals surface area (Å²) in [6, 6.07) is 21.8. The van der Waals surface area contributed by atoms with Gasteiger partial charge in [-0.3, -0.25) is 19.3 Å². The van der Waals surface area contributed by atoms with Crippen LogP contribution in [0.15, 0.2) is 72.9 Å². The molecule has 0 bridgehead atoms. The quantitative estimate of drug-likeness (QED) is 0.417. The molecule has 37 heavy (non-hydrogen) atoms. The summed E-state index contributed by atoms with van der Waals surface area (Å²) < 4.78 is 1.96. The van der Waals surface area contributed by atoms with Crippen LogP contribution in [0.5, 0.6) is 0 Å². The topological polar surface area (TPSA) is 80.1 Å². The molecule has 0 spiro atoms. The maximum Gasteiger partial charge on any atom is 0.272 e. The third-order valence-electron chi connectivity index (χ3n) is 6.86. The Kier molecular flexibility index (Phi) is 7.12. The minimum absolute atomic E-state index is 0.0139. The summed E-state index contributed by atoms with van der Waals surface area (Å²) in [5.74, 6) is -0.263. The van der Waals surface area contributed by atoms with Crippen molar-refractivity contribution in [3.63, 3.8) is 0 Å². The number of pyridine rings is 1. The van der Waals surface area contributed by atoms with Crippen molar-refractivity contribution < 1.29 is 9.59 Å². The number of benzene rings is 2. The predicted octanol–water partition coefficient (Wildman–Crippen LogP) is 4.27. The molecule has 0 aliphatic carbocycles. The summed E-state index contributed by atoms with van der Waals surface area (Å²) in [6.07, 6.45) is 3.18. The number of aromatic nitrogens is 3. The van der Waals surface area contributed by atoms with Gasteiger partial charge in [-0.25, -0.2) is 0 Å². The first-order valence-corrected chi connectivity index (χ1v) is 12.7. The van der Waals surface area contributed by atoms with Crippen LogP contribution in [-0.2, 0) is 32.5 Å². The van der Waals surface area contributed by atoms with Gasteiger partial charge in [-0.2, -0.15) is 5.10 Å². The minimum Gasteiger partial charge on any atom is -0.345 e. The van der Waals surface area contributed by atoms with Crippen LogP contribution < -0.4 is 5.32 Å². The lowest BCUT2D eigenvalue weighted by Gasteiger charge is -2.28. The fourth-order valence-corrected chi connectivity index (χ4v) is 4.89. The number of carbonyl (C=O) groups is 2. The molecule has 7 heteroatoms. The normalized spacial score (nSPS) is 12.8. The van der Waals surface area contributed by atoms with Crippen LogP contribution in [0.2, 0.25) is 0 Å². The number of fused-ring (bicyclic) bond motifs is 1. The van der Waals surface area contributed by atoms with Crippen LogP contribution in [-0.4, -0.2) is 38.0 Å². The fourth-order valence-electron chi connectivity index (χ4n) is 4.89. The number of nitrogens with zero attached hydrogens (tertiary/aromatic N) is 4. The predicted molar refractivity (Wildman–Crippen MR) is 142 cm³/mol. The Balaban J connectivity index is 1.41. The zero-order valence-electron chi connectivity index (χ0n) is 21.3. The molecule has 188 valence electrons. The van der Waals surface area contributed by atoms with Crippen molar-refractivity contribution in [1.29, 1.82) is 0 Å². The van der Waals surface area contributed by atoms with E-state index in [2.05, 4.69) is 22.4 Å². The number of carbonyl (C=O) groups excluding carboxylic acids is 2. The van der Waals surface area contributed by atoms with Crippen molar-refractivity contribution in [2.24, 2.45) is 0 Å². The van der Waals surface area contributed by atoms with E-state index in [1.807, 2.05) is 78.0 Å². The molecule has 0 atom stereocenters. The van der Waals surface area contributed by atoms with Gasteiger partial charge in [0.2, 0.25) is 0 Å². The van der Waals surface area contributed by atoms with Crippen LogP contribution in [0.1, 0.15) is 54.5 Å². The molecule has 4 aromatic rings. The molecule has 0 saturated heterocycles. The first kappa shape index (κ1) is 24.4. The minimum atomic E-state index is -0.249. The summed E-state index contributed by atoms with van der Waals surface area (Å²) in [4.78, 5) is 32.9. The molecule has 1 N–H and O–H groups in total. The molecule has 0 fully saturated rings. The Labute approximate surface area is 217 Å². The van der Waals surface area contributed by atoms with Crippen LogP contribution >= 0.6 is 0 Å². The molecular formula is C30H31N5O2. The number of hydrogen-bond donors (Lipinski definition) is 1. The number of aryl methyl sites for hydroxylation is 4. The van der Waals surface area contributed by atoms with Crippen molar-refractivity contribution in [3.8, 4) is 0 Å². The highest BCUT2D eigenvalue weighted by atomic mass is 16.2. The number of amides is 2. The van der Waals surface area contributed by atoms with Gasteiger partial charge in [-0.1, -0.05) is 54.1 Å². The van der Waals surface area contributed by atoms with Crippen LogP contribution in [0.3, 0.4) is 0 Å². The number of nitrogens with one attached hydrogen (secondary N) is 1. The Morgan fingerprint density at radius 1 is 1.00 bits per heavy atom. The monoisotopic (exact) mass is 493 g/mol. The molecule has 1 aliphatic rings. The molecule has 5 rings (SSSR count). The van der Waals surface area contributed by atoms with Crippen LogP contribution in [0, 0.1) is 13.8 Å². The van der Waals surface area contributed by atoms with Gasteiger partial charge >= 0.3 is 0 Å². The van der Waals surface area contributed by atoms with E-state index in [0.717, 1.165) is 34.5 Å². The Bertz CT molecular complexity index is 1410. The van der Waals surface area contributed by atoms with E-state index in [1.54, 1.807) is 6.20 Å². The van der Waals surface area contributed by atoms with Gasteiger partial charge in [-0.05, 0) is 49.6 Å². The summed E-state index contributed by atoms with van der Waals surface area (Å²) in [5.41, 5.74) is 7.03. The van der Waals surface area contributed by atoms with Gasteiger partial charge in [0.05, 0.1) is 18.8 Å². The summed E-state index contributed by atoms with van der Waals surface area (Å²) in [6.45, 7) is 5.92. The lowest BCUT2D eigenvalue weighted by molar-refractivity contribution is 0.0729. The van der Waals surface area contributed by atoms with Crippen LogP contribution in [0.25, 0.3) is 0 Å². The summed E-state index contributed by atoms with van der Waals surface area (Å²) in [7, 11) is 0. The van der Waals surface area contributed by atoms with Crippen molar-refractivity contribution in [3.05, 3.63) is 118 Å². The van der Waals surface area contributed by atoms with Gasteiger partial charge in [0, 0.05) is 42.5 Å². The van der Waals surface area contributed by atoms with E-state index in [4.69, 9.17) is 5.10 Å². The molecule has 2 aromatic heterocycles. The maximum absolute atomic E-state index is 13.4. The zero-order chi connectivity index (χ0) is 25.8. The average Bonchev–Trinajstić information content (AvgIpc) is 3.29. The van der Waals surface area contributed by atoms with Gasteiger partial charge in [0.15, 0.2) is 5.69 Å². The van der Waals surface area contributed by atoms with E-state index in [1.165, 1.54) is 5.56 Å². The molecule has 0 radical (unpaired) electrons. The highest BCUT2D eigenvalue weighted by Crippen LogP contribution is 2.25. The largest absolute Gasteiger partial charge is 0.345 e. The van der Waals surface area contributed by atoms with Crippen molar-refractivity contribution in [2.45, 2.75) is 46.3 Å². The summed E-state index contributed by atoms with van der Waals surface area (Å²) >= 11 is 0. The molecule has 3 heterocycles. The molecule has 0 unspecified atom stereocenters. The van der Waals surface area contributed by atoms with E-state index in [0.29, 0.717) is 43.9 Å². The second kappa shape index (κ2) is 10.8. The van der Waals surface area contributed by atoms with E-state index < -0.39 is 0 Å². The molecule has 1 aliphatic heterocycles. The second-order valence-electron chi connectivity index (χ2n) is 9.53. The zero-order valence-corrected chi connectivity index (χ0v) is 21.3. The second-order valence-corrected chi connectivity index (χ2v) is 9.53. The lowest BCUT2D eigenvalue weighted by atomic mass is 10.0. The maximum atomic E-state index is 13.4. The highest BCUT2D eigenvalue weighted by Gasteiger charge is 2.31. The standard InChI is InChI=1S/C30H31N5O2/c1-21-11-12-25(22(2)18-21)30(37)34-16-14-27-26(20-34)28(29(36)32-19-24-10-6-7-15-31-24)33-35(27)17-13-23-8-4-3-5-9-23/h3-12,15,18H,13-14,16-17,19-20H2,1-2H3,(H,32,36). The van der Waals surface area contributed by atoms with Gasteiger partial charge in [0.25, 0.3) is 11.8 Å². The summed E-state index contributed by atoms with van der Waals surface area (Å²) in [5, 5.41) is 7.72. The molecule has 2 aromatic carbocycles. The van der Waals surface area contributed by atoms with Gasteiger partial charge < -0.3 is 10.2 Å². The highest BCUT2D eigenvalue weighted by molar-refractivity contribution is 5.97. The molecule has 2 amide bonds. The first-order chi connectivity index (χ1) is 18.0. The van der Waals surface area contributed by atoms with E-state index in [9.17, 15) is 9.59 Å². The third-order valence-corrected chi connectivity index (χ3v) is 6.86. The van der Waals surface area contributed by atoms with Crippen molar-refractivity contribution in [1.82, 2.24) is 25.0 Å². The van der Waals surface area contributed by atoms with Gasteiger partial charge in [-0.15, -0.1) is 0 Å².